The summed E-state index contributed by atoms with van der Waals surface area (Å²) in [5.74, 6) is -1.35. The highest BCUT2D eigenvalue weighted by molar-refractivity contribution is 8.17. The lowest BCUT2D eigenvalue weighted by atomic mass is 10.1. The molecule has 0 bridgehead atoms. The van der Waals surface area contributed by atoms with Gasteiger partial charge in [0.15, 0.2) is 11.5 Å². The van der Waals surface area contributed by atoms with Crippen LogP contribution in [-0.4, -0.2) is 44.0 Å². The van der Waals surface area contributed by atoms with Gasteiger partial charge < -0.3 is 14.9 Å². The molecule has 2 aromatic carbocycles. The molecule has 1 aromatic heterocycles. The largest absolute Gasteiger partial charge is 0.504 e. The molecule has 3 rings (SSSR count). The average Bonchev–Trinajstić information content (AvgIpc) is 2.95. The number of carbonyl (C=O) groups is 1. The van der Waals surface area contributed by atoms with E-state index in [2.05, 4.69) is 0 Å². The number of nitrogens with zero attached hydrogens (tertiary/aromatic N) is 1. The Kier molecular flexibility index (Phi) is 3.65. The Morgan fingerprint density at radius 3 is 2.28 bits per heavy atom. The highest BCUT2D eigenvalue weighted by Crippen LogP contribution is 2.40. The van der Waals surface area contributed by atoms with Gasteiger partial charge in [0.25, 0.3) is 0 Å². The van der Waals surface area contributed by atoms with Gasteiger partial charge >= 0.3 is 5.97 Å². The molecule has 2 N–H and O–H groups in total. The molecule has 0 amide bonds. The maximum absolute atomic E-state index is 14.0. The molecule has 6 nitrogen and oxygen atoms in total. The number of fused-ring (bicyclic) bond motifs is 1. The normalized spacial score (nSPS) is 13.3. The molecular weight excluding hydrogens is 342 g/mol. The minimum absolute atomic E-state index is 0.159. The monoisotopic (exact) mass is 361 g/mol. The maximum atomic E-state index is 14.0. The van der Waals surface area contributed by atoms with Crippen LogP contribution in [0.2, 0.25) is 0 Å². The molecular formula is C18H19NO5S. The van der Waals surface area contributed by atoms with Crippen LogP contribution in [-0.2, 0) is 14.0 Å². The summed E-state index contributed by atoms with van der Waals surface area (Å²) in [6, 6.07) is 11.4. The first kappa shape index (κ1) is 17.0. The third kappa shape index (κ3) is 2.56. The van der Waals surface area contributed by atoms with Gasteiger partial charge in [-0.1, -0.05) is 18.2 Å². The fourth-order valence-electron chi connectivity index (χ4n) is 2.85. The van der Waals surface area contributed by atoms with E-state index in [1.165, 1.54) is 29.4 Å². The summed E-state index contributed by atoms with van der Waals surface area (Å²) in [5.41, 5.74) is 0.521. The second kappa shape index (κ2) is 5.35. The van der Waals surface area contributed by atoms with Gasteiger partial charge in [-0.3, -0.25) is 8.18 Å². The molecule has 0 fully saturated rings. The summed E-state index contributed by atoms with van der Waals surface area (Å²) < 4.78 is 20.3. The van der Waals surface area contributed by atoms with E-state index < -0.39 is 15.2 Å². The molecule has 0 aliphatic heterocycles. The lowest BCUT2D eigenvalue weighted by molar-refractivity contribution is 0.0603. The zero-order valence-corrected chi connectivity index (χ0v) is 14.9. The lowest BCUT2D eigenvalue weighted by Gasteiger charge is -2.37. The Hall–Kier alpha value is -2.80. The van der Waals surface area contributed by atoms with E-state index in [0.29, 0.717) is 15.8 Å². The lowest BCUT2D eigenvalue weighted by Crippen LogP contribution is -2.37. The Bertz CT molecular complexity index is 1050. The first-order chi connectivity index (χ1) is 11.6. The van der Waals surface area contributed by atoms with Crippen molar-refractivity contribution in [3.8, 4) is 11.5 Å². The minimum atomic E-state index is -3.63. The van der Waals surface area contributed by atoms with Crippen LogP contribution in [0.4, 0.5) is 0 Å². The fraction of sp³-hybridized carbons (Fsp3) is 0.167. The number of rotatable bonds is 3. The van der Waals surface area contributed by atoms with Crippen LogP contribution in [0, 0.1) is 0 Å². The third-order valence-corrected chi connectivity index (χ3v) is 7.32. The molecule has 0 atom stereocenters. The summed E-state index contributed by atoms with van der Waals surface area (Å²) in [4.78, 5) is 12.7. The number of methoxy groups -OCH3 is 1. The van der Waals surface area contributed by atoms with Crippen molar-refractivity contribution in [2.45, 2.75) is 4.90 Å². The highest BCUT2D eigenvalue weighted by atomic mass is 32.3. The van der Waals surface area contributed by atoms with E-state index in [1.807, 2.05) is 6.07 Å². The molecule has 3 aromatic rings. The maximum Gasteiger partial charge on any atom is 0.340 e. The molecule has 0 radical (unpaired) electrons. The zero-order chi connectivity index (χ0) is 18.4. The number of hydrogen-bond acceptors (Lipinski definition) is 5. The summed E-state index contributed by atoms with van der Waals surface area (Å²) in [6.07, 6.45) is 4.63. The van der Waals surface area contributed by atoms with Crippen molar-refractivity contribution in [1.82, 2.24) is 3.97 Å². The van der Waals surface area contributed by atoms with Crippen molar-refractivity contribution < 1.29 is 24.0 Å². The number of ether oxygens (including phenoxy) is 1. The predicted octanol–water partition coefficient (Wildman–Crippen LogP) is 2.74. The second-order valence-corrected chi connectivity index (χ2v) is 10.7. The van der Waals surface area contributed by atoms with E-state index in [1.54, 1.807) is 36.8 Å². The van der Waals surface area contributed by atoms with Gasteiger partial charge in [-0.2, -0.15) is 0 Å². The van der Waals surface area contributed by atoms with E-state index in [0.717, 1.165) is 0 Å². The van der Waals surface area contributed by atoms with Gasteiger partial charge in [0.05, 0.1) is 18.2 Å². The van der Waals surface area contributed by atoms with Crippen LogP contribution >= 0.6 is 0 Å². The number of phenolic OH excluding ortho intramolecular Hbond substituents is 2. The Morgan fingerprint density at radius 2 is 1.68 bits per heavy atom. The SMILES string of the molecule is COC(=O)c1cn(S(C)(C)(=O)c2ccccc2)c2cc(O)c(O)cc12. The van der Waals surface area contributed by atoms with E-state index in [4.69, 9.17) is 4.74 Å². The van der Waals surface area contributed by atoms with Crippen molar-refractivity contribution >= 4 is 26.1 Å². The number of phenols is 2. The topological polar surface area (TPSA) is 88.8 Å². The Balaban J connectivity index is 2.43. The molecule has 0 aliphatic rings. The van der Waals surface area contributed by atoms with E-state index in [9.17, 15) is 19.2 Å². The number of carbonyl (C=O) groups excluding carboxylic acids is 1. The molecule has 0 saturated carbocycles. The van der Waals surface area contributed by atoms with Gasteiger partial charge in [0, 0.05) is 35.1 Å². The average molecular weight is 361 g/mol. The highest BCUT2D eigenvalue weighted by Gasteiger charge is 2.33. The van der Waals surface area contributed by atoms with Crippen LogP contribution in [0.5, 0.6) is 11.5 Å². The van der Waals surface area contributed by atoms with Crippen molar-refractivity contribution in [3.63, 3.8) is 0 Å². The number of esters is 1. The standard InChI is InChI=1S/C18H19NO5S/c1-24-18(22)14-11-19(15-10-17(21)16(20)9-13(14)15)25(2,3,23)12-7-5-4-6-8-12/h4-11,20-21H,1-3H3. The number of hydrogen-bond donors (Lipinski definition) is 2. The van der Waals surface area contributed by atoms with Gasteiger partial charge in [-0.05, 0) is 27.5 Å². The smallest absolute Gasteiger partial charge is 0.340 e. The molecule has 0 spiro atoms. The third-order valence-electron chi connectivity index (χ3n) is 4.26. The van der Waals surface area contributed by atoms with E-state index in [-0.39, 0.29) is 17.1 Å². The van der Waals surface area contributed by atoms with Gasteiger partial charge in [0.1, 0.15) is 0 Å². The number of aromatic hydroxyl groups is 2. The first-order valence-electron chi connectivity index (χ1n) is 7.47. The summed E-state index contributed by atoms with van der Waals surface area (Å²) in [7, 11) is -2.38. The van der Waals surface area contributed by atoms with E-state index >= 15 is 0 Å². The first-order valence-corrected chi connectivity index (χ1v) is 10.2. The van der Waals surface area contributed by atoms with Gasteiger partial charge in [-0.15, -0.1) is 0 Å². The predicted molar refractivity (Wildman–Crippen MR) is 96.7 cm³/mol. The van der Waals surface area contributed by atoms with Crippen molar-refractivity contribution in [3.05, 3.63) is 54.2 Å². The Morgan fingerprint density at radius 1 is 1.08 bits per heavy atom. The van der Waals surface area contributed by atoms with Crippen LogP contribution in [0.25, 0.3) is 10.9 Å². The summed E-state index contributed by atoms with van der Waals surface area (Å²) in [5, 5.41) is 20.1. The van der Waals surface area contributed by atoms with Crippen LogP contribution in [0.1, 0.15) is 10.4 Å². The van der Waals surface area contributed by atoms with Crippen LogP contribution in [0.15, 0.2) is 53.6 Å². The van der Waals surface area contributed by atoms with Crippen molar-refractivity contribution in [1.29, 1.82) is 0 Å². The Labute approximate surface area is 144 Å². The molecule has 1 heterocycles. The molecule has 7 heteroatoms. The van der Waals surface area contributed by atoms with Crippen molar-refractivity contribution in [2.24, 2.45) is 0 Å². The number of aromatic nitrogens is 1. The van der Waals surface area contributed by atoms with Crippen molar-refractivity contribution in [2.75, 3.05) is 19.6 Å². The van der Waals surface area contributed by atoms with Crippen LogP contribution in [0.3, 0.4) is 0 Å². The fourth-order valence-corrected chi connectivity index (χ4v) is 5.15. The molecule has 0 aliphatic carbocycles. The van der Waals surface area contributed by atoms with Gasteiger partial charge in [-0.25, -0.2) is 4.79 Å². The molecule has 0 saturated heterocycles. The van der Waals surface area contributed by atoms with Crippen LogP contribution < -0.4 is 0 Å². The minimum Gasteiger partial charge on any atom is -0.504 e. The number of benzene rings is 2. The second-order valence-electron chi connectivity index (χ2n) is 6.30. The molecule has 132 valence electrons. The quantitative estimate of drug-likeness (QED) is 0.553. The zero-order valence-electron chi connectivity index (χ0n) is 14.1. The van der Waals surface area contributed by atoms with Gasteiger partial charge in [0.2, 0.25) is 0 Å². The molecule has 0 unspecified atom stereocenters. The molecule has 25 heavy (non-hydrogen) atoms. The summed E-state index contributed by atoms with van der Waals surface area (Å²) >= 11 is 0. The summed E-state index contributed by atoms with van der Waals surface area (Å²) in [6.45, 7) is 0.